The van der Waals surface area contributed by atoms with Crippen LogP contribution < -0.4 is 14.4 Å². The molecule has 4 rings (SSSR count). The number of halogens is 1. The molecule has 1 saturated heterocycles. The molecule has 3 aromatic rings. The van der Waals surface area contributed by atoms with Gasteiger partial charge in [-0.25, -0.2) is 0 Å². The summed E-state index contributed by atoms with van der Waals surface area (Å²) in [4.78, 5) is 2.36. The number of anilines is 1. The van der Waals surface area contributed by atoms with Crippen LogP contribution in [0.2, 0.25) is 5.02 Å². The lowest BCUT2D eigenvalue weighted by atomic mass is 9.91. The van der Waals surface area contributed by atoms with Crippen LogP contribution in [0, 0.1) is 0 Å². The molecule has 0 N–H and O–H groups in total. The van der Waals surface area contributed by atoms with Gasteiger partial charge in [0.15, 0.2) is 17.1 Å². The minimum atomic E-state index is 0.379. The van der Waals surface area contributed by atoms with Crippen molar-refractivity contribution in [2.24, 2.45) is 0 Å². The molecule has 6 heteroatoms. The maximum Gasteiger partial charge on any atom is 0.184 e. The van der Waals surface area contributed by atoms with E-state index in [1.165, 1.54) is 0 Å². The summed E-state index contributed by atoms with van der Waals surface area (Å²) in [6, 6.07) is 11.8. The summed E-state index contributed by atoms with van der Waals surface area (Å²) in [5, 5.41) is 6.06. The van der Waals surface area contributed by atoms with Crippen molar-refractivity contribution >= 4 is 28.3 Å². The van der Waals surface area contributed by atoms with E-state index in [2.05, 4.69) is 16.1 Å². The molecule has 27 heavy (non-hydrogen) atoms. The third-order valence-corrected chi connectivity index (χ3v) is 5.38. The molecule has 1 aromatic heterocycles. The molecule has 0 atom stereocenters. The van der Waals surface area contributed by atoms with Crippen LogP contribution in [0.5, 0.6) is 11.5 Å². The average Bonchev–Trinajstić information content (AvgIpc) is 3.11. The van der Waals surface area contributed by atoms with Gasteiger partial charge in [-0.2, -0.15) is 0 Å². The second kappa shape index (κ2) is 7.69. The highest BCUT2D eigenvalue weighted by Crippen LogP contribution is 2.41. The fourth-order valence-electron chi connectivity index (χ4n) is 3.85. The van der Waals surface area contributed by atoms with Gasteiger partial charge in [-0.1, -0.05) is 22.8 Å². The van der Waals surface area contributed by atoms with E-state index in [1.807, 2.05) is 37.3 Å². The molecular weight excluding hydrogens is 364 g/mol. The molecule has 1 aliphatic rings. The topological polar surface area (TPSA) is 47.7 Å². The van der Waals surface area contributed by atoms with Crippen molar-refractivity contribution in [1.82, 2.24) is 5.16 Å². The summed E-state index contributed by atoms with van der Waals surface area (Å²) >= 11 is 6.05. The van der Waals surface area contributed by atoms with Crippen LogP contribution in [0.25, 0.3) is 11.0 Å². The Morgan fingerprint density at radius 2 is 2.04 bits per heavy atom. The SMILES string of the molecule is CCOc1cccc(N2CCC(c3noc4cc(Cl)ccc34)CC2)c1OC. The van der Waals surface area contributed by atoms with E-state index >= 15 is 0 Å². The lowest BCUT2D eigenvalue weighted by Gasteiger charge is -2.34. The lowest BCUT2D eigenvalue weighted by molar-refractivity contribution is 0.310. The maximum atomic E-state index is 6.05. The first-order chi connectivity index (χ1) is 13.2. The number of methoxy groups -OCH3 is 1. The number of para-hydroxylation sites is 1. The molecule has 0 unspecified atom stereocenters. The minimum absolute atomic E-state index is 0.379. The number of nitrogens with zero attached hydrogens (tertiary/aromatic N) is 2. The van der Waals surface area contributed by atoms with Crippen molar-refractivity contribution in [3.05, 3.63) is 47.1 Å². The summed E-state index contributed by atoms with van der Waals surface area (Å²) in [5.74, 6) is 1.98. The van der Waals surface area contributed by atoms with Gasteiger partial charge in [-0.05, 0) is 44.0 Å². The highest BCUT2D eigenvalue weighted by atomic mass is 35.5. The van der Waals surface area contributed by atoms with Crippen molar-refractivity contribution in [2.45, 2.75) is 25.7 Å². The monoisotopic (exact) mass is 386 g/mol. The zero-order valence-electron chi connectivity index (χ0n) is 15.6. The summed E-state index contributed by atoms with van der Waals surface area (Å²) in [6.07, 6.45) is 2.01. The first-order valence-corrected chi connectivity index (χ1v) is 9.68. The number of aromatic nitrogens is 1. The molecule has 2 aromatic carbocycles. The Kier molecular flexibility index (Phi) is 5.12. The van der Waals surface area contributed by atoms with Gasteiger partial charge < -0.3 is 18.9 Å². The fourth-order valence-corrected chi connectivity index (χ4v) is 4.01. The Labute approximate surface area is 163 Å². The van der Waals surface area contributed by atoms with Gasteiger partial charge in [0.25, 0.3) is 0 Å². The fraction of sp³-hybridized carbons (Fsp3) is 0.381. The van der Waals surface area contributed by atoms with Gasteiger partial charge in [0, 0.05) is 35.5 Å². The Morgan fingerprint density at radius 1 is 1.22 bits per heavy atom. The first-order valence-electron chi connectivity index (χ1n) is 9.30. The van der Waals surface area contributed by atoms with Crippen molar-refractivity contribution in [1.29, 1.82) is 0 Å². The Morgan fingerprint density at radius 3 is 2.78 bits per heavy atom. The number of hydrogen-bond donors (Lipinski definition) is 0. The van der Waals surface area contributed by atoms with Crippen molar-refractivity contribution in [3.63, 3.8) is 0 Å². The minimum Gasteiger partial charge on any atom is -0.491 e. The first kappa shape index (κ1) is 18.0. The highest BCUT2D eigenvalue weighted by Gasteiger charge is 2.27. The number of rotatable bonds is 5. The molecule has 1 aliphatic heterocycles. The van der Waals surface area contributed by atoms with E-state index in [4.69, 9.17) is 25.6 Å². The zero-order valence-corrected chi connectivity index (χ0v) is 16.3. The largest absolute Gasteiger partial charge is 0.491 e. The summed E-state index contributed by atoms with van der Waals surface area (Å²) < 4.78 is 16.8. The predicted molar refractivity (Wildman–Crippen MR) is 107 cm³/mol. The van der Waals surface area contributed by atoms with Gasteiger partial charge in [-0.15, -0.1) is 0 Å². The molecule has 1 fully saturated rings. The Hall–Kier alpha value is -2.40. The van der Waals surface area contributed by atoms with E-state index in [-0.39, 0.29) is 0 Å². The Balaban J connectivity index is 1.53. The molecule has 2 heterocycles. The van der Waals surface area contributed by atoms with E-state index in [0.717, 1.165) is 59.8 Å². The molecule has 0 radical (unpaired) electrons. The molecule has 0 amide bonds. The summed E-state index contributed by atoms with van der Waals surface area (Å²) in [5.41, 5.74) is 2.88. The van der Waals surface area contributed by atoms with Crippen LogP contribution in [0.3, 0.4) is 0 Å². The number of ether oxygens (including phenoxy) is 2. The van der Waals surface area contributed by atoms with Gasteiger partial charge in [0.1, 0.15) is 0 Å². The van der Waals surface area contributed by atoms with Crippen molar-refractivity contribution in [2.75, 3.05) is 31.7 Å². The van der Waals surface area contributed by atoms with Crippen LogP contribution in [0.15, 0.2) is 40.9 Å². The van der Waals surface area contributed by atoms with E-state index in [1.54, 1.807) is 7.11 Å². The predicted octanol–water partition coefficient (Wildman–Crippen LogP) is 5.27. The molecule has 0 saturated carbocycles. The molecular formula is C21H23ClN2O3. The molecule has 142 valence electrons. The van der Waals surface area contributed by atoms with E-state index in [0.29, 0.717) is 17.5 Å². The van der Waals surface area contributed by atoms with Gasteiger partial charge >= 0.3 is 0 Å². The Bertz CT molecular complexity index is 932. The number of piperidine rings is 1. The van der Waals surface area contributed by atoms with E-state index < -0.39 is 0 Å². The van der Waals surface area contributed by atoms with Gasteiger partial charge in [0.05, 0.1) is 25.1 Å². The normalized spacial score (nSPS) is 15.3. The molecule has 0 aliphatic carbocycles. The quantitative estimate of drug-likeness (QED) is 0.597. The molecule has 0 spiro atoms. The summed E-state index contributed by atoms with van der Waals surface area (Å²) in [7, 11) is 1.70. The summed E-state index contributed by atoms with van der Waals surface area (Å²) in [6.45, 7) is 4.45. The van der Waals surface area contributed by atoms with Crippen LogP contribution in [0.1, 0.15) is 31.4 Å². The van der Waals surface area contributed by atoms with Crippen LogP contribution in [-0.4, -0.2) is 32.0 Å². The third-order valence-electron chi connectivity index (χ3n) is 5.15. The zero-order chi connectivity index (χ0) is 18.8. The van der Waals surface area contributed by atoms with Crippen molar-refractivity contribution in [3.8, 4) is 11.5 Å². The maximum absolute atomic E-state index is 6.05. The number of benzene rings is 2. The lowest BCUT2D eigenvalue weighted by Crippen LogP contribution is -2.33. The van der Waals surface area contributed by atoms with E-state index in [9.17, 15) is 0 Å². The molecule has 5 nitrogen and oxygen atoms in total. The van der Waals surface area contributed by atoms with Crippen LogP contribution >= 0.6 is 11.6 Å². The standard InChI is InChI=1S/C21H23ClN2O3/c1-3-26-18-6-4-5-17(21(18)25-2)24-11-9-14(10-12-24)20-16-8-7-15(22)13-19(16)27-23-20/h4-8,13-14H,3,9-12H2,1-2H3. The van der Waals surface area contributed by atoms with Gasteiger partial charge in [0.2, 0.25) is 0 Å². The average molecular weight is 387 g/mol. The van der Waals surface area contributed by atoms with Crippen molar-refractivity contribution < 1.29 is 14.0 Å². The van der Waals surface area contributed by atoms with Crippen LogP contribution in [-0.2, 0) is 0 Å². The number of hydrogen-bond acceptors (Lipinski definition) is 5. The second-order valence-corrected chi connectivity index (χ2v) is 7.15. The molecule has 0 bridgehead atoms. The third kappa shape index (κ3) is 3.44. The van der Waals surface area contributed by atoms with Gasteiger partial charge in [-0.3, -0.25) is 0 Å². The van der Waals surface area contributed by atoms with Crippen LogP contribution in [0.4, 0.5) is 5.69 Å². The highest BCUT2D eigenvalue weighted by molar-refractivity contribution is 6.31. The second-order valence-electron chi connectivity index (χ2n) is 6.71. The smallest absolute Gasteiger partial charge is 0.184 e. The number of fused-ring (bicyclic) bond motifs is 1.